The van der Waals surface area contributed by atoms with Crippen molar-refractivity contribution in [1.82, 2.24) is 29.9 Å². The molecular formula is C51H42N10O7. The Bertz CT molecular complexity index is 2610. The van der Waals surface area contributed by atoms with Crippen LogP contribution in [0, 0.1) is 0 Å². The highest BCUT2D eigenvalue weighted by Gasteiger charge is 2.13. The van der Waals surface area contributed by atoms with E-state index in [4.69, 9.17) is 29.2 Å². The van der Waals surface area contributed by atoms with Gasteiger partial charge in [-0.25, -0.2) is 19.4 Å². The van der Waals surface area contributed by atoms with E-state index in [1.807, 2.05) is 60.7 Å². The molecule has 7 aromatic rings. The van der Waals surface area contributed by atoms with Gasteiger partial charge in [-0.15, -0.1) is 0 Å². The van der Waals surface area contributed by atoms with Gasteiger partial charge < -0.3 is 35.5 Å². The molecule has 0 amide bonds. The summed E-state index contributed by atoms with van der Waals surface area (Å²) in [7, 11) is 0. The minimum Gasteiger partial charge on any atom is -0.423 e. The van der Waals surface area contributed by atoms with Crippen molar-refractivity contribution in [2.24, 2.45) is 0 Å². The number of esters is 3. The fourth-order valence-electron chi connectivity index (χ4n) is 6.15. The number of ether oxygens (including phenoxy) is 3. The second-order valence-corrected chi connectivity index (χ2v) is 14.5. The Balaban J connectivity index is 1.10. The van der Waals surface area contributed by atoms with Gasteiger partial charge in [0.05, 0.1) is 0 Å². The standard InChI is InChI=1S/C51H42N10O7/c1-5-39(62)29-32-9-11-33(12-10-32)30-43-56-44(31-34-13-23-40(24-14-34)66-45(63)6-2)58-48(57-43)52-35-15-17-36(18-16-35)53-49-59-50(54-37-19-25-41(26-20-37)67-46(64)7-3)61-51(60-49)55-38-21-27-42(28-22-38)68-47(65)8-4/h5-28H,1-4,29-31H2,(H,52,56,57,58)(H3,53,54,55,59,60,61). The number of ketones is 1. The minimum absolute atomic E-state index is 0.0630. The topological polar surface area (TPSA) is 221 Å². The van der Waals surface area contributed by atoms with Gasteiger partial charge in [-0.2, -0.15) is 24.9 Å². The van der Waals surface area contributed by atoms with Crippen LogP contribution in [0.15, 0.2) is 172 Å². The summed E-state index contributed by atoms with van der Waals surface area (Å²) in [5.41, 5.74) is 5.19. The number of nitrogens with zero attached hydrogens (tertiary/aromatic N) is 6. The molecular weight excluding hydrogens is 865 g/mol. The highest BCUT2D eigenvalue weighted by molar-refractivity contribution is 5.90. The molecule has 0 aliphatic carbocycles. The molecule has 7 rings (SSSR count). The Labute approximate surface area is 390 Å². The first-order valence-corrected chi connectivity index (χ1v) is 20.7. The van der Waals surface area contributed by atoms with Gasteiger partial charge in [-0.1, -0.05) is 62.7 Å². The third kappa shape index (κ3) is 13.7. The molecule has 0 unspecified atom stereocenters. The maximum absolute atomic E-state index is 11.9. The maximum atomic E-state index is 11.9. The van der Waals surface area contributed by atoms with Crippen molar-refractivity contribution in [2.75, 3.05) is 21.3 Å². The van der Waals surface area contributed by atoms with E-state index < -0.39 is 17.9 Å². The lowest BCUT2D eigenvalue weighted by atomic mass is 10.0. The number of allylic oxidation sites excluding steroid dienone is 1. The van der Waals surface area contributed by atoms with Crippen LogP contribution < -0.4 is 35.5 Å². The first kappa shape index (κ1) is 46.4. The number of carbonyl (C=O) groups is 4. The van der Waals surface area contributed by atoms with Crippen molar-refractivity contribution in [3.8, 4) is 17.2 Å². The molecule has 2 aromatic heterocycles. The van der Waals surface area contributed by atoms with Crippen LogP contribution in [0.25, 0.3) is 0 Å². The van der Waals surface area contributed by atoms with E-state index in [1.165, 1.54) is 6.08 Å². The van der Waals surface area contributed by atoms with Crippen LogP contribution >= 0.6 is 0 Å². The lowest BCUT2D eigenvalue weighted by molar-refractivity contribution is -0.129. The molecule has 4 N–H and O–H groups in total. The fraction of sp³-hybridized carbons (Fsp3) is 0.0588. The summed E-state index contributed by atoms with van der Waals surface area (Å²) in [6.45, 7) is 13.8. The Morgan fingerprint density at radius 2 is 0.676 bits per heavy atom. The zero-order valence-corrected chi connectivity index (χ0v) is 36.3. The van der Waals surface area contributed by atoms with Gasteiger partial charge in [-0.3, -0.25) is 4.79 Å². The largest absolute Gasteiger partial charge is 0.423 e. The van der Waals surface area contributed by atoms with Crippen molar-refractivity contribution in [3.05, 3.63) is 200 Å². The van der Waals surface area contributed by atoms with Crippen molar-refractivity contribution in [2.45, 2.75) is 19.3 Å². The molecule has 0 saturated carbocycles. The van der Waals surface area contributed by atoms with E-state index in [-0.39, 0.29) is 30.0 Å². The summed E-state index contributed by atoms with van der Waals surface area (Å²) in [6, 6.07) is 35.2. The zero-order chi connectivity index (χ0) is 47.8. The first-order valence-electron chi connectivity index (χ1n) is 20.7. The second-order valence-electron chi connectivity index (χ2n) is 14.5. The van der Waals surface area contributed by atoms with E-state index >= 15 is 0 Å². The molecule has 338 valence electrons. The van der Waals surface area contributed by atoms with Gasteiger partial charge in [0.15, 0.2) is 5.78 Å². The molecule has 0 bridgehead atoms. The number of rotatable bonds is 21. The third-order valence-electron chi connectivity index (χ3n) is 9.41. The number of nitrogens with one attached hydrogen (secondary N) is 4. The van der Waals surface area contributed by atoms with Crippen LogP contribution in [-0.2, 0) is 38.4 Å². The second kappa shape index (κ2) is 22.3. The van der Waals surface area contributed by atoms with E-state index in [1.54, 1.807) is 60.7 Å². The summed E-state index contributed by atoms with van der Waals surface area (Å²) in [4.78, 5) is 74.9. The van der Waals surface area contributed by atoms with Gasteiger partial charge in [0, 0.05) is 60.2 Å². The summed E-state index contributed by atoms with van der Waals surface area (Å²) >= 11 is 0. The number of hydrogen-bond donors (Lipinski definition) is 4. The van der Waals surface area contributed by atoms with Gasteiger partial charge in [0.25, 0.3) is 0 Å². The molecule has 0 radical (unpaired) electrons. The number of carbonyl (C=O) groups excluding carboxylic acids is 4. The summed E-state index contributed by atoms with van der Waals surface area (Å²) in [5.74, 6) is 1.15. The molecule has 0 atom stereocenters. The predicted octanol–water partition coefficient (Wildman–Crippen LogP) is 8.78. The average Bonchev–Trinajstić information content (AvgIpc) is 3.34. The molecule has 17 heteroatoms. The molecule has 17 nitrogen and oxygen atoms in total. The van der Waals surface area contributed by atoms with Crippen molar-refractivity contribution < 1.29 is 33.4 Å². The van der Waals surface area contributed by atoms with Crippen LogP contribution in [0.1, 0.15) is 28.3 Å². The SMILES string of the molecule is C=CC(=O)Cc1ccc(Cc2nc(Cc3ccc(OC(=O)C=C)cc3)nc(Nc3ccc(Nc4nc(Nc5ccc(OC(=O)C=C)cc5)nc(Nc5ccc(OC(=O)C=C)cc5)n4)cc3)n2)cc1. The number of hydrogen-bond acceptors (Lipinski definition) is 17. The van der Waals surface area contributed by atoms with Gasteiger partial charge in [0.1, 0.15) is 28.9 Å². The number of anilines is 8. The number of benzene rings is 5. The van der Waals surface area contributed by atoms with Crippen LogP contribution in [0.3, 0.4) is 0 Å². The van der Waals surface area contributed by atoms with Crippen molar-refractivity contribution in [3.63, 3.8) is 0 Å². The lowest BCUT2D eigenvalue weighted by Gasteiger charge is -2.13. The van der Waals surface area contributed by atoms with Gasteiger partial charge in [0.2, 0.25) is 23.8 Å². The van der Waals surface area contributed by atoms with Crippen LogP contribution in [0.4, 0.5) is 46.5 Å². The normalized spacial score (nSPS) is 10.4. The summed E-state index contributed by atoms with van der Waals surface area (Å²) in [5, 5.41) is 12.8. The molecule has 0 aliphatic rings. The summed E-state index contributed by atoms with van der Waals surface area (Å²) < 4.78 is 15.6. The molecule has 2 heterocycles. The van der Waals surface area contributed by atoms with Crippen molar-refractivity contribution in [1.29, 1.82) is 0 Å². The molecule has 0 fully saturated rings. The quantitative estimate of drug-likeness (QED) is 0.0300. The van der Waals surface area contributed by atoms with E-state index in [2.05, 4.69) is 62.5 Å². The van der Waals surface area contributed by atoms with Crippen molar-refractivity contribution >= 4 is 70.2 Å². The molecule has 0 aliphatic heterocycles. The average molecular weight is 907 g/mol. The Hall–Kier alpha value is -9.64. The Morgan fingerprint density at radius 3 is 1.01 bits per heavy atom. The molecule has 0 saturated heterocycles. The van der Waals surface area contributed by atoms with E-state index in [0.29, 0.717) is 70.4 Å². The van der Waals surface area contributed by atoms with E-state index in [9.17, 15) is 19.2 Å². The minimum atomic E-state index is -0.583. The Kier molecular flexibility index (Phi) is 15.2. The smallest absolute Gasteiger partial charge is 0.335 e. The maximum Gasteiger partial charge on any atom is 0.335 e. The fourth-order valence-corrected chi connectivity index (χ4v) is 6.15. The van der Waals surface area contributed by atoms with Gasteiger partial charge in [-0.05, 0) is 108 Å². The summed E-state index contributed by atoms with van der Waals surface area (Å²) in [6.07, 6.45) is 5.58. The van der Waals surface area contributed by atoms with Crippen LogP contribution in [0.2, 0.25) is 0 Å². The monoisotopic (exact) mass is 906 g/mol. The lowest BCUT2D eigenvalue weighted by Crippen LogP contribution is -2.09. The molecule has 5 aromatic carbocycles. The molecule has 68 heavy (non-hydrogen) atoms. The van der Waals surface area contributed by atoms with Crippen LogP contribution in [-0.4, -0.2) is 53.6 Å². The third-order valence-corrected chi connectivity index (χ3v) is 9.41. The highest BCUT2D eigenvalue weighted by atomic mass is 16.5. The van der Waals surface area contributed by atoms with E-state index in [0.717, 1.165) is 34.9 Å². The Morgan fingerprint density at radius 1 is 0.382 bits per heavy atom. The predicted molar refractivity (Wildman–Crippen MR) is 257 cm³/mol. The molecule has 0 spiro atoms. The highest BCUT2D eigenvalue weighted by Crippen LogP contribution is 2.26. The van der Waals surface area contributed by atoms with Gasteiger partial charge >= 0.3 is 17.9 Å². The zero-order valence-electron chi connectivity index (χ0n) is 36.3. The number of aromatic nitrogens is 6. The van der Waals surface area contributed by atoms with Crippen LogP contribution in [0.5, 0.6) is 17.2 Å². The first-order chi connectivity index (χ1) is 33.0.